The lowest BCUT2D eigenvalue weighted by molar-refractivity contribution is -0.120. The predicted octanol–water partition coefficient (Wildman–Crippen LogP) is -2.80. The molecule has 5 N–H and O–H groups in total. The lowest BCUT2D eigenvalue weighted by atomic mass is 10.1. The molecule has 3 atom stereocenters. The molecule has 0 unspecified atom stereocenters. The molecule has 13 heavy (non-hydrogen) atoms. The fraction of sp³-hybridized carbons (Fsp3) is 0.857. The van der Waals surface area contributed by atoms with E-state index < -0.39 is 24.9 Å². The molecule has 0 saturated carbocycles. The van der Waals surface area contributed by atoms with E-state index >= 15 is 0 Å². The third-order valence-corrected chi connectivity index (χ3v) is 1.54. The number of hydrogen-bond acceptors (Lipinski definition) is 5. The van der Waals surface area contributed by atoms with E-state index in [1.165, 1.54) is 6.92 Å². The maximum absolute atomic E-state index is 10.4. The molecular weight excluding hydrogens is 178 g/mol. The SMILES string of the molecule is CC(=O)NC[C@@H](O)[C@@H](O)[C@H](O)CO. The zero-order valence-electron chi connectivity index (χ0n) is 7.34. The van der Waals surface area contributed by atoms with Gasteiger partial charge < -0.3 is 25.7 Å². The molecule has 6 heteroatoms. The molecule has 78 valence electrons. The van der Waals surface area contributed by atoms with Crippen LogP contribution in [0.25, 0.3) is 0 Å². The summed E-state index contributed by atoms with van der Waals surface area (Å²) in [6, 6.07) is 0. The van der Waals surface area contributed by atoms with E-state index in [-0.39, 0.29) is 12.5 Å². The fourth-order valence-electron chi connectivity index (χ4n) is 0.733. The minimum Gasteiger partial charge on any atom is -0.394 e. The van der Waals surface area contributed by atoms with Crippen molar-refractivity contribution in [3.63, 3.8) is 0 Å². The standard InChI is InChI=1S/C7H15NO5/c1-4(10)8-2-5(11)7(13)6(12)3-9/h5-7,9,11-13H,2-3H2,1H3,(H,8,10)/t5-,6-,7-/m1/s1. The largest absolute Gasteiger partial charge is 0.394 e. The Morgan fingerprint density at radius 1 is 1.31 bits per heavy atom. The molecule has 6 nitrogen and oxygen atoms in total. The van der Waals surface area contributed by atoms with E-state index in [1.54, 1.807) is 0 Å². The first-order valence-electron chi connectivity index (χ1n) is 3.88. The molecule has 1 amide bonds. The Bertz CT molecular complexity index is 163. The van der Waals surface area contributed by atoms with Crippen molar-refractivity contribution >= 4 is 5.91 Å². The first kappa shape index (κ1) is 12.3. The summed E-state index contributed by atoms with van der Waals surface area (Å²) in [5, 5.41) is 37.8. The monoisotopic (exact) mass is 193 g/mol. The average molecular weight is 193 g/mol. The number of nitrogens with one attached hydrogen (secondary N) is 1. The van der Waals surface area contributed by atoms with Crippen LogP contribution in [0.1, 0.15) is 6.92 Å². The van der Waals surface area contributed by atoms with Crippen LogP contribution < -0.4 is 5.32 Å². The highest BCUT2D eigenvalue weighted by molar-refractivity contribution is 5.72. The van der Waals surface area contributed by atoms with Crippen LogP contribution in [0.5, 0.6) is 0 Å². The lowest BCUT2D eigenvalue weighted by Crippen LogP contribution is -2.45. The molecule has 0 aromatic heterocycles. The van der Waals surface area contributed by atoms with Crippen LogP contribution >= 0.6 is 0 Å². The van der Waals surface area contributed by atoms with Gasteiger partial charge in [0.2, 0.25) is 5.91 Å². The van der Waals surface area contributed by atoms with E-state index in [2.05, 4.69) is 5.32 Å². The second-order valence-corrected chi connectivity index (χ2v) is 2.74. The Morgan fingerprint density at radius 2 is 1.85 bits per heavy atom. The van der Waals surface area contributed by atoms with Crippen LogP contribution in [0.15, 0.2) is 0 Å². The van der Waals surface area contributed by atoms with E-state index in [4.69, 9.17) is 20.4 Å². The maximum atomic E-state index is 10.4. The van der Waals surface area contributed by atoms with Crippen LogP contribution in [0, 0.1) is 0 Å². The Morgan fingerprint density at radius 3 is 2.23 bits per heavy atom. The quantitative estimate of drug-likeness (QED) is 0.324. The minimum atomic E-state index is -1.46. The van der Waals surface area contributed by atoms with Gasteiger partial charge in [-0.25, -0.2) is 0 Å². The van der Waals surface area contributed by atoms with Gasteiger partial charge in [0.05, 0.1) is 12.7 Å². The summed E-state index contributed by atoms with van der Waals surface area (Å²) in [7, 11) is 0. The Kier molecular flexibility index (Phi) is 5.56. The number of hydrogen-bond donors (Lipinski definition) is 5. The zero-order chi connectivity index (χ0) is 10.4. The first-order chi connectivity index (χ1) is 5.99. The van der Waals surface area contributed by atoms with Crippen molar-refractivity contribution in [2.75, 3.05) is 13.2 Å². The molecule has 0 aliphatic heterocycles. The molecule has 0 heterocycles. The Hall–Kier alpha value is -0.690. The van der Waals surface area contributed by atoms with Gasteiger partial charge in [0.15, 0.2) is 0 Å². The predicted molar refractivity (Wildman–Crippen MR) is 43.8 cm³/mol. The molecule has 0 aromatic rings. The molecule has 0 aromatic carbocycles. The van der Waals surface area contributed by atoms with Crippen molar-refractivity contribution in [2.24, 2.45) is 0 Å². The van der Waals surface area contributed by atoms with Crippen LogP contribution in [0.3, 0.4) is 0 Å². The molecular formula is C7H15NO5. The van der Waals surface area contributed by atoms with Crippen molar-refractivity contribution < 1.29 is 25.2 Å². The van der Waals surface area contributed by atoms with Gasteiger partial charge in [0.25, 0.3) is 0 Å². The van der Waals surface area contributed by atoms with Gasteiger partial charge in [-0.15, -0.1) is 0 Å². The Labute approximate surface area is 75.8 Å². The van der Waals surface area contributed by atoms with Gasteiger partial charge in [-0.1, -0.05) is 0 Å². The topological polar surface area (TPSA) is 110 Å². The summed E-state index contributed by atoms with van der Waals surface area (Å²) in [4.78, 5) is 10.4. The van der Waals surface area contributed by atoms with Crippen molar-refractivity contribution in [1.82, 2.24) is 5.32 Å². The number of aliphatic hydroxyl groups excluding tert-OH is 4. The van der Waals surface area contributed by atoms with Gasteiger partial charge in [-0.05, 0) is 0 Å². The second kappa shape index (κ2) is 5.87. The number of carbonyl (C=O) groups excluding carboxylic acids is 1. The molecule has 0 rings (SSSR count). The molecule has 0 bridgehead atoms. The number of carbonyl (C=O) groups is 1. The normalized spacial score (nSPS) is 17.6. The summed E-state index contributed by atoms with van der Waals surface area (Å²) >= 11 is 0. The van der Waals surface area contributed by atoms with Crippen LogP contribution in [-0.4, -0.2) is 57.8 Å². The minimum absolute atomic E-state index is 0.159. The van der Waals surface area contributed by atoms with Crippen molar-refractivity contribution in [2.45, 2.75) is 25.2 Å². The van der Waals surface area contributed by atoms with Gasteiger partial charge in [0, 0.05) is 13.5 Å². The van der Waals surface area contributed by atoms with E-state index in [1.807, 2.05) is 0 Å². The molecule has 0 aliphatic rings. The summed E-state index contributed by atoms with van der Waals surface area (Å²) in [6.07, 6.45) is -4.15. The number of rotatable bonds is 5. The first-order valence-corrected chi connectivity index (χ1v) is 3.88. The van der Waals surface area contributed by atoms with E-state index in [0.717, 1.165) is 0 Å². The average Bonchev–Trinajstić information content (AvgIpc) is 2.11. The second-order valence-electron chi connectivity index (χ2n) is 2.74. The van der Waals surface area contributed by atoms with Crippen LogP contribution in [-0.2, 0) is 4.79 Å². The highest BCUT2D eigenvalue weighted by Crippen LogP contribution is 1.98. The van der Waals surface area contributed by atoms with Crippen LogP contribution in [0.2, 0.25) is 0 Å². The molecule has 0 saturated heterocycles. The zero-order valence-corrected chi connectivity index (χ0v) is 7.34. The molecule has 0 fully saturated rings. The summed E-state index contributed by atoms with van der Waals surface area (Å²) < 4.78 is 0. The summed E-state index contributed by atoms with van der Waals surface area (Å²) in [5.74, 6) is -0.343. The Balaban J connectivity index is 3.81. The van der Waals surface area contributed by atoms with Gasteiger partial charge in [-0.3, -0.25) is 4.79 Å². The summed E-state index contributed by atoms with van der Waals surface area (Å²) in [6.45, 7) is 0.466. The smallest absolute Gasteiger partial charge is 0.216 e. The molecule has 0 spiro atoms. The third-order valence-electron chi connectivity index (χ3n) is 1.54. The van der Waals surface area contributed by atoms with Crippen molar-refractivity contribution in [3.8, 4) is 0 Å². The van der Waals surface area contributed by atoms with E-state index in [9.17, 15) is 4.79 Å². The summed E-state index contributed by atoms with van der Waals surface area (Å²) in [5.41, 5.74) is 0. The van der Waals surface area contributed by atoms with Crippen molar-refractivity contribution in [1.29, 1.82) is 0 Å². The van der Waals surface area contributed by atoms with Gasteiger partial charge in [0.1, 0.15) is 12.2 Å². The third kappa shape index (κ3) is 4.79. The van der Waals surface area contributed by atoms with Gasteiger partial charge >= 0.3 is 0 Å². The van der Waals surface area contributed by atoms with Crippen molar-refractivity contribution in [3.05, 3.63) is 0 Å². The maximum Gasteiger partial charge on any atom is 0.216 e. The highest BCUT2D eigenvalue weighted by Gasteiger charge is 2.23. The number of amides is 1. The van der Waals surface area contributed by atoms with E-state index in [0.29, 0.717) is 0 Å². The highest BCUT2D eigenvalue weighted by atomic mass is 16.4. The van der Waals surface area contributed by atoms with Gasteiger partial charge in [-0.2, -0.15) is 0 Å². The molecule has 0 radical (unpaired) electrons. The van der Waals surface area contributed by atoms with Crippen LogP contribution in [0.4, 0.5) is 0 Å². The fourth-order valence-corrected chi connectivity index (χ4v) is 0.733. The number of aliphatic hydroxyl groups is 4. The lowest BCUT2D eigenvalue weighted by Gasteiger charge is -2.21. The molecule has 0 aliphatic carbocycles.